The predicted octanol–water partition coefficient (Wildman–Crippen LogP) is 5.80. The van der Waals surface area contributed by atoms with Crippen LogP contribution in [0.15, 0.2) is 54.2 Å². The molecular formula is C24H27F3N6. The van der Waals surface area contributed by atoms with E-state index in [9.17, 15) is 13.2 Å². The highest BCUT2D eigenvalue weighted by atomic mass is 19.4. The smallest absolute Gasteiger partial charge is 0.351 e. The molecular weight excluding hydrogens is 429 g/mol. The molecule has 1 saturated carbocycles. The van der Waals surface area contributed by atoms with Gasteiger partial charge in [-0.25, -0.2) is 4.98 Å². The van der Waals surface area contributed by atoms with E-state index in [1.807, 2.05) is 25.2 Å². The Bertz CT molecular complexity index is 1090. The van der Waals surface area contributed by atoms with Gasteiger partial charge >= 0.3 is 6.18 Å². The second kappa shape index (κ2) is 9.33. The Morgan fingerprint density at radius 2 is 1.85 bits per heavy atom. The molecule has 0 spiro atoms. The van der Waals surface area contributed by atoms with Crippen LogP contribution in [0.25, 0.3) is 11.5 Å². The lowest BCUT2D eigenvalue weighted by molar-refractivity contribution is -0.141. The highest BCUT2D eigenvalue weighted by molar-refractivity contribution is 5.55. The van der Waals surface area contributed by atoms with Crippen LogP contribution in [0.5, 0.6) is 0 Å². The van der Waals surface area contributed by atoms with Crippen molar-refractivity contribution >= 4 is 11.9 Å². The van der Waals surface area contributed by atoms with E-state index in [-0.39, 0.29) is 23.6 Å². The van der Waals surface area contributed by atoms with Crippen LogP contribution in [-0.2, 0) is 6.18 Å². The molecule has 2 unspecified atom stereocenters. The lowest BCUT2D eigenvalue weighted by atomic mass is 10.1. The van der Waals surface area contributed by atoms with Gasteiger partial charge in [-0.3, -0.25) is 0 Å². The third-order valence-electron chi connectivity index (χ3n) is 5.93. The number of alkyl halides is 3. The molecule has 0 radical (unpaired) electrons. The van der Waals surface area contributed by atoms with Crippen LogP contribution in [0, 0.1) is 5.92 Å². The van der Waals surface area contributed by atoms with Gasteiger partial charge in [0.25, 0.3) is 0 Å². The van der Waals surface area contributed by atoms with Crippen LogP contribution in [0.4, 0.5) is 25.1 Å². The molecule has 0 saturated heterocycles. The highest BCUT2D eigenvalue weighted by Crippen LogP contribution is 2.34. The lowest BCUT2D eigenvalue weighted by Gasteiger charge is -2.18. The number of nitrogens with one attached hydrogen (secondary N) is 2. The van der Waals surface area contributed by atoms with E-state index >= 15 is 0 Å². The molecule has 2 N–H and O–H groups in total. The molecule has 2 aromatic rings. The quantitative estimate of drug-likeness (QED) is 0.523. The fraction of sp³-hybridized carbons (Fsp3) is 0.417. The minimum Gasteiger partial charge on any atom is -0.351 e. The molecule has 2 aliphatic carbocycles. The number of halogens is 3. The number of hydrogen-bond acceptors (Lipinski definition) is 6. The van der Waals surface area contributed by atoms with Crippen molar-refractivity contribution in [3.8, 4) is 11.5 Å². The molecule has 2 atom stereocenters. The van der Waals surface area contributed by atoms with Crippen LogP contribution < -0.4 is 10.6 Å². The number of nitrogens with zero attached hydrogens (tertiary/aromatic N) is 4. The second-order valence-corrected chi connectivity index (χ2v) is 8.40. The normalized spacial score (nSPS) is 19.7. The first-order valence-electron chi connectivity index (χ1n) is 11.1. The Kier molecular flexibility index (Phi) is 6.49. The highest BCUT2D eigenvalue weighted by Gasteiger charge is 2.33. The molecule has 0 bridgehead atoms. The zero-order valence-electron chi connectivity index (χ0n) is 18.7. The summed E-state index contributed by atoms with van der Waals surface area (Å²) in [5, 5.41) is 6.63. The summed E-state index contributed by atoms with van der Waals surface area (Å²) in [6.45, 7) is 7.90. The molecule has 2 aliphatic rings. The van der Waals surface area contributed by atoms with Gasteiger partial charge in [-0.2, -0.15) is 28.1 Å². The minimum absolute atomic E-state index is 0.0346. The van der Waals surface area contributed by atoms with Gasteiger partial charge in [0.2, 0.25) is 11.9 Å². The lowest BCUT2D eigenvalue weighted by Crippen LogP contribution is -2.23. The third kappa shape index (κ3) is 5.40. The Balaban J connectivity index is 1.69. The monoisotopic (exact) mass is 456 g/mol. The Morgan fingerprint density at radius 1 is 1.09 bits per heavy atom. The van der Waals surface area contributed by atoms with Gasteiger partial charge in [-0.1, -0.05) is 30.9 Å². The molecule has 174 valence electrons. The largest absolute Gasteiger partial charge is 0.433 e. The zero-order chi connectivity index (χ0) is 23.6. The zero-order valence-corrected chi connectivity index (χ0v) is 18.7. The van der Waals surface area contributed by atoms with Gasteiger partial charge in [-0.05, 0) is 68.7 Å². The summed E-state index contributed by atoms with van der Waals surface area (Å²) in [4.78, 5) is 17.1. The molecule has 6 nitrogen and oxygen atoms in total. The maximum Gasteiger partial charge on any atom is 0.433 e. The number of rotatable bonds is 8. The molecule has 0 aromatic carbocycles. The average Bonchev–Trinajstić information content (AvgIpc) is 3.57. The fourth-order valence-electron chi connectivity index (χ4n) is 4.01. The van der Waals surface area contributed by atoms with Crippen molar-refractivity contribution < 1.29 is 13.2 Å². The van der Waals surface area contributed by atoms with E-state index in [2.05, 4.69) is 44.1 Å². The number of pyridine rings is 1. The predicted molar refractivity (Wildman–Crippen MR) is 123 cm³/mol. The van der Waals surface area contributed by atoms with E-state index in [1.54, 1.807) is 0 Å². The minimum atomic E-state index is -4.55. The van der Waals surface area contributed by atoms with Gasteiger partial charge < -0.3 is 10.6 Å². The van der Waals surface area contributed by atoms with Crippen LogP contribution >= 0.6 is 0 Å². The number of aromatic nitrogens is 4. The van der Waals surface area contributed by atoms with Crippen LogP contribution in [0.1, 0.15) is 45.2 Å². The van der Waals surface area contributed by atoms with E-state index in [4.69, 9.17) is 0 Å². The molecule has 4 rings (SSSR count). The van der Waals surface area contributed by atoms with Crippen LogP contribution in [0.2, 0.25) is 0 Å². The summed E-state index contributed by atoms with van der Waals surface area (Å²) in [6.07, 6.45) is 5.28. The summed E-state index contributed by atoms with van der Waals surface area (Å²) in [6, 6.07) is 3.83. The van der Waals surface area contributed by atoms with Crippen molar-refractivity contribution in [3.63, 3.8) is 0 Å². The van der Waals surface area contributed by atoms with Gasteiger partial charge in [0.1, 0.15) is 11.4 Å². The van der Waals surface area contributed by atoms with Crippen LogP contribution in [0.3, 0.4) is 0 Å². The average molecular weight is 457 g/mol. The molecule has 1 fully saturated rings. The van der Waals surface area contributed by atoms with Crippen molar-refractivity contribution in [2.75, 3.05) is 10.6 Å². The number of allylic oxidation sites excluding steroid dienone is 3. The summed E-state index contributed by atoms with van der Waals surface area (Å²) in [5.74, 6) is 1.24. The Hall–Kier alpha value is -3.23. The topological polar surface area (TPSA) is 75.6 Å². The van der Waals surface area contributed by atoms with Gasteiger partial charge in [-0.15, -0.1) is 0 Å². The summed E-state index contributed by atoms with van der Waals surface area (Å²) < 4.78 is 39.6. The van der Waals surface area contributed by atoms with Crippen LogP contribution in [-0.4, -0.2) is 32.0 Å². The van der Waals surface area contributed by atoms with Crippen molar-refractivity contribution in [2.45, 2.75) is 57.8 Å². The van der Waals surface area contributed by atoms with Crippen molar-refractivity contribution in [1.82, 2.24) is 19.9 Å². The molecule has 0 amide bonds. The molecule has 0 aliphatic heterocycles. The van der Waals surface area contributed by atoms with Crippen molar-refractivity contribution in [3.05, 3.63) is 59.8 Å². The van der Waals surface area contributed by atoms with E-state index in [0.717, 1.165) is 42.9 Å². The Labute approximate surface area is 191 Å². The molecule has 33 heavy (non-hydrogen) atoms. The third-order valence-corrected chi connectivity index (χ3v) is 5.93. The maximum absolute atomic E-state index is 13.2. The molecule has 2 heterocycles. The number of hydrogen-bond donors (Lipinski definition) is 2. The summed E-state index contributed by atoms with van der Waals surface area (Å²) in [7, 11) is 0. The molecule has 2 aromatic heterocycles. The van der Waals surface area contributed by atoms with E-state index in [1.165, 1.54) is 12.1 Å². The standard InChI is InChI=1S/C24H27F3N6/c1-4-7-17-15(5-2)12-13-18(17)30-23-32-21(19-8-6-9-20(29-19)24(25,26)27)31-22(33-23)28-14(3)16-10-11-16/h4-9,14,16,18H,2,10-13H2,1,3H3,(H2,28,30,31,32,33)/b7-4-. The summed E-state index contributed by atoms with van der Waals surface area (Å²) in [5.41, 5.74) is 1.31. The van der Waals surface area contributed by atoms with Crippen molar-refractivity contribution in [2.24, 2.45) is 5.92 Å². The van der Waals surface area contributed by atoms with Crippen molar-refractivity contribution in [1.29, 1.82) is 0 Å². The second-order valence-electron chi connectivity index (χ2n) is 8.40. The van der Waals surface area contributed by atoms with E-state index in [0.29, 0.717) is 17.8 Å². The molecule has 9 heteroatoms. The SMILES string of the molecule is C=CC1=C(/C=C\C)C(Nc2nc(NC(C)C3CC3)nc(-c3cccc(C(F)(F)F)n3)n2)CC1. The van der Waals surface area contributed by atoms with Gasteiger partial charge in [0.15, 0.2) is 5.82 Å². The summed E-state index contributed by atoms with van der Waals surface area (Å²) >= 11 is 0. The van der Waals surface area contributed by atoms with Gasteiger partial charge in [0, 0.05) is 6.04 Å². The maximum atomic E-state index is 13.2. The van der Waals surface area contributed by atoms with E-state index < -0.39 is 11.9 Å². The van der Waals surface area contributed by atoms with Gasteiger partial charge in [0.05, 0.1) is 6.04 Å². The first-order valence-corrected chi connectivity index (χ1v) is 11.1. The number of anilines is 2. The fourth-order valence-corrected chi connectivity index (χ4v) is 4.01. The Morgan fingerprint density at radius 3 is 2.52 bits per heavy atom. The first kappa shape index (κ1) is 22.9. The first-order chi connectivity index (χ1) is 15.8.